The van der Waals surface area contributed by atoms with Crippen molar-refractivity contribution in [3.63, 3.8) is 0 Å². The number of nitrogens with zero attached hydrogens (tertiary/aromatic N) is 4. The highest BCUT2D eigenvalue weighted by Gasteiger charge is 2.16. The summed E-state index contributed by atoms with van der Waals surface area (Å²) in [5.41, 5.74) is 1.43. The number of aryl methyl sites for hydroxylation is 1. The number of nitrogens with one attached hydrogen (secondary N) is 1. The Morgan fingerprint density at radius 1 is 1.13 bits per heavy atom. The van der Waals surface area contributed by atoms with Gasteiger partial charge in [0.15, 0.2) is 11.5 Å². The number of hydrogen-bond acceptors (Lipinski definition) is 6. The van der Waals surface area contributed by atoms with Gasteiger partial charge < -0.3 is 4.74 Å². The molecule has 4 aromatic rings. The summed E-state index contributed by atoms with van der Waals surface area (Å²) in [6.07, 6.45) is 0. The van der Waals surface area contributed by atoms with E-state index in [0.717, 1.165) is 6.07 Å². The van der Waals surface area contributed by atoms with Crippen LogP contribution in [0.5, 0.6) is 5.88 Å². The minimum Gasteiger partial charge on any atom is -0.475 e. The molecule has 4 rings (SSSR count). The molecule has 2 aromatic carbocycles. The van der Waals surface area contributed by atoms with E-state index in [4.69, 9.17) is 16.3 Å². The Hall–Kier alpha value is -3.08. The van der Waals surface area contributed by atoms with E-state index >= 15 is 0 Å². The molecule has 0 saturated carbocycles. The predicted octanol–water partition coefficient (Wildman–Crippen LogP) is 3.25. The number of sulfonamides is 1. The lowest BCUT2D eigenvalue weighted by atomic mass is 10.2. The molecule has 0 aliphatic carbocycles. The molecule has 0 aliphatic heterocycles. The fraction of sp³-hybridized carbons (Fsp3) is 0.150. The molecule has 2 aromatic heterocycles. The summed E-state index contributed by atoms with van der Waals surface area (Å²) in [4.78, 5) is -0.0141. The van der Waals surface area contributed by atoms with E-state index in [1.54, 1.807) is 24.3 Å². The lowest BCUT2D eigenvalue weighted by Crippen LogP contribution is -2.28. The van der Waals surface area contributed by atoms with Crippen molar-refractivity contribution in [1.29, 1.82) is 0 Å². The van der Waals surface area contributed by atoms with Crippen molar-refractivity contribution in [1.82, 2.24) is 24.5 Å². The minimum absolute atomic E-state index is 0.00196. The Bertz CT molecular complexity index is 1360. The number of hydrogen-bond donors (Lipinski definition) is 1. The van der Waals surface area contributed by atoms with E-state index in [2.05, 4.69) is 20.0 Å². The first-order valence-electron chi connectivity index (χ1n) is 9.21. The summed E-state index contributed by atoms with van der Waals surface area (Å²) in [6, 6.07) is 14.1. The van der Waals surface area contributed by atoms with Gasteiger partial charge in [-0.25, -0.2) is 17.5 Å². The van der Waals surface area contributed by atoms with Crippen LogP contribution in [0.2, 0.25) is 5.02 Å². The van der Waals surface area contributed by atoms with Gasteiger partial charge in [-0.05, 0) is 48.9 Å². The van der Waals surface area contributed by atoms with Gasteiger partial charge in [0.05, 0.1) is 9.92 Å². The smallest absolute Gasteiger partial charge is 0.240 e. The Morgan fingerprint density at radius 3 is 2.71 bits per heavy atom. The third kappa shape index (κ3) is 4.50. The average Bonchev–Trinajstić information content (AvgIpc) is 3.16. The van der Waals surface area contributed by atoms with Gasteiger partial charge >= 0.3 is 0 Å². The molecule has 8 nitrogen and oxygen atoms in total. The first-order chi connectivity index (χ1) is 14.8. The van der Waals surface area contributed by atoms with Gasteiger partial charge in [-0.2, -0.15) is 4.52 Å². The average molecular weight is 462 g/mol. The molecular weight excluding hydrogens is 445 g/mol. The number of aromatic nitrogens is 4. The molecule has 0 saturated heterocycles. The first kappa shape index (κ1) is 21.2. The largest absolute Gasteiger partial charge is 0.475 e. The maximum Gasteiger partial charge on any atom is 0.240 e. The van der Waals surface area contributed by atoms with Crippen LogP contribution in [0, 0.1) is 12.7 Å². The standard InChI is InChI=1S/C20H17ClFN5O3S/c1-13-12-14(6-7-17(13)22)31(28,29)23-10-11-30-19-9-8-18-24-25-20(27(18)26-19)15-4-2-3-5-16(15)21/h2-9,12,23H,10-11H2,1H3. The molecule has 1 N–H and O–H groups in total. The molecule has 0 aliphatic rings. The van der Waals surface area contributed by atoms with Crippen LogP contribution in [0.15, 0.2) is 59.5 Å². The highest BCUT2D eigenvalue weighted by Crippen LogP contribution is 2.26. The second-order valence-corrected chi connectivity index (χ2v) is 8.78. The molecule has 0 fully saturated rings. The van der Waals surface area contributed by atoms with Crippen LogP contribution >= 0.6 is 11.6 Å². The third-order valence-electron chi connectivity index (χ3n) is 4.44. The molecule has 11 heteroatoms. The minimum atomic E-state index is -3.78. The number of halogens is 2. The van der Waals surface area contributed by atoms with Crippen molar-refractivity contribution in [3.8, 4) is 17.3 Å². The molecule has 0 unspecified atom stereocenters. The van der Waals surface area contributed by atoms with Crippen molar-refractivity contribution in [3.05, 3.63) is 71.0 Å². The maximum atomic E-state index is 13.4. The monoisotopic (exact) mass is 461 g/mol. The van der Waals surface area contributed by atoms with Crippen LogP contribution in [-0.2, 0) is 10.0 Å². The molecule has 0 spiro atoms. The summed E-state index contributed by atoms with van der Waals surface area (Å²) >= 11 is 6.24. The number of ether oxygens (including phenoxy) is 1. The zero-order valence-corrected chi connectivity index (χ0v) is 17.9. The zero-order valence-electron chi connectivity index (χ0n) is 16.3. The maximum absolute atomic E-state index is 13.4. The van der Waals surface area contributed by atoms with E-state index < -0.39 is 15.8 Å². The Morgan fingerprint density at radius 2 is 1.94 bits per heavy atom. The van der Waals surface area contributed by atoms with Gasteiger partial charge in [-0.1, -0.05) is 23.7 Å². The highest BCUT2D eigenvalue weighted by atomic mass is 35.5. The SMILES string of the molecule is Cc1cc(S(=O)(=O)NCCOc2ccc3nnc(-c4ccccc4Cl)n3n2)ccc1F. The quantitative estimate of drug-likeness (QED) is 0.424. The van der Waals surface area contributed by atoms with E-state index in [1.165, 1.54) is 23.6 Å². The van der Waals surface area contributed by atoms with Gasteiger partial charge in [0.2, 0.25) is 15.9 Å². The predicted molar refractivity (Wildman–Crippen MR) is 113 cm³/mol. The van der Waals surface area contributed by atoms with Crippen LogP contribution in [0.3, 0.4) is 0 Å². The van der Waals surface area contributed by atoms with Crippen LogP contribution in [0.1, 0.15) is 5.56 Å². The topological polar surface area (TPSA) is 98.5 Å². The summed E-state index contributed by atoms with van der Waals surface area (Å²) < 4.78 is 47.5. The van der Waals surface area contributed by atoms with Crippen molar-refractivity contribution in [2.75, 3.05) is 13.2 Å². The Balaban J connectivity index is 1.44. The molecule has 31 heavy (non-hydrogen) atoms. The van der Waals surface area contributed by atoms with E-state index in [-0.39, 0.29) is 29.5 Å². The van der Waals surface area contributed by atoms with Crippen molar-refractivity contribution in [2.24, 2.45) is 0 Å². The van der Waals surface area contributed by atoms with E-state index in [9.17, 15) is 12.8 Å². The first-order valence-corrected chi connectivity index (χ1v) is 11.1. The fourth-order valence-corrected chi connectivity index (χ4v) is 4.18. The van der Waals surface area contributed by atoms with Crippen LogP contribution in [0.4, 0.5) is 4.39 Å². The highest BCUT2D eigenvalue weighted by molar-refractivity contribution is 7.89. The molecule has 0 amide bonds. The van der Waals surface area contributed by atoms with Gasteiger partial charge in [0, 0.05) is 18.2 Å². The summed E-state index contributed by atoms with van der Waals surface area (Å²) in [5, 5.41) is 13.1. The summed E-state index contributed by atoms with van der Waals surface area (Å²) in [6.45, 7) is 1.53. The molecule has 2 heterocycles. The summed E-state index contributed by atoms with van der Waals surface area (Å²) in [5.74, 6) is 0.254. The van der Waals surface area contributed by atoms with Crippen molar-refractivity contribution in [2.45, 2.75) is 11.8 Å². The molecule has 160 valence electrons. The zero-order chi connectivity index (χ0) is 22.0. The second kappa shape index (κ2) is 8.58. The van der Waals surface area contributed by atoms with Gasteiger partial charge in [-0.15, -0.1) is 15.3 Å². The van der Waals surface area contributed by atoms with E-state index in [1.807, 2.05) is 12.1 Å². The van der Waals surface area contributed by atoms with Crippen LogP contribution in [0.25, 0.3) is 17.0 Å². The molecule has 0 atom stereocenters. The second-order valence-electron chi connectivity index (χ2n) is 6.60. The third-order valence-corrected chi connectivity index (χ3v) is 6.23. The van der Waals surface area contributed by atoms with Gasteiger partial charge in [-0.3, -0.25) is 0 Å². The Kier molecular flexibility index (Phi) is 5.86. The number of benzene rings is 2. The van der Waals surface area contributed by atoms with E-state index in [0.29, 0.717) is 22.1 Å². The molecule has 0 bridgehead atoms. The number of fused-ring (bicyclic) bond motifs is 1. The summed E-state index contributed by atoms with van der Waals surface area (Å²) in [7, 11) is -3.78. The molecular formula is C20H17ClFN5O3S. The lowest BCUT2D eigenvalue weighted by molar-refractivity contribution is 0.306. The Labute approximate surface area is 182 Å². The van der Waals surface area contributed by atoms with Crippen molar-refractivity contribution >= 4 is 27.3 Å². The van der Waals surface area contributed by atoms with Gasteiger partial charge in [0.25, 0.3) is 0 Å². The van der Waals surface area contributed by atoms with Crippen molar-refractivity contribution < 1.29 is 17.5 Å². The van der Waals surface area contributed by atoms with Crippen LogP contribution in [-0.4, -0.2) is 41.4 Å². The van der Waals surface area contributed by atoms with Crippen LogP contribution < -0.4 is 9.46 Å². The molecule has 0 radical (unpaired) electrons. The number of rotatable bonds is 7. The fourth-order valence-electron chi connectivity index (χ4n) is 2.86. The normalized spacial score (nSPS) is 11.7. The van der Waals surface area contributed by atoms with Gasteiger partial charge in [0.1, 0.15) is 12.4 Å². The lowest BCUT2D eigenvalue weighted by Gasteiger charge is -2.09.